The molecule has 0 unspecified atom stereocenters. The fourth-order valence-corrected chi connectivity index (χ4v) is 2.39. The lowest BCUT2D eigenvalue weighted by Crippen LogP contribution is -2.02. The van der Waals surface area contributed by atoms with Crippen LogP contribution in [0, 0.1) is 24.1 Å². The molecule has 1 heterocycles. The lowest BCUT2D eigenvalue weighted by atomic mass is 10.1. The monoisotopic (exact) mass is 362 g/mol. The van der Waals surface area contributed by atoms with Gasteiger partial charge in [0, 0.05) is 17.2 Å². The van der Waals surface area contributed by atoms with Gasteiger partial charge in [0.2, 0.25) is 0 Å². The van der Waals surface area contributed by atoms with E-state index >= 15 is 0 Å². The first-order chi connectivity index (χ1) is 13.1. The number of ether oxygens (including phenoxy) is 1. The van der Waals surface area contributed by atoms with Gasteiger partial charge in [0.25, 0.3) is 0 Å². The number of rotatable bonds is 5. The molecule has 134 valence electrons. The third-order valence-corrected chi connectivity index (χ3v) is 3.93. The Morgan fingerprint density at radius 1 is 1.22 bits per heavy atom. The zero-order valence-corrected chi connectivity index (χ0v) is 14.5. The minimum Gasteiger partial charge on any atom is -0.456 e. The molecule has 0 amide bonds. The smallest absolute Gasteiger partial charge is 0.331 e. The van der Waals surface area contributed by atoms with Gasteiger partial charge in [0.05, 0.1) is 11.6 Å². The van der Waals surface area contributed by atoms with Gasteiger partial charge in [-0.05, 0) is 55.0 Å². The zero-order chi connectivity index (χ0) is 19.2. The SMILES string of the molecule is Cc1c(COC(=O)/C=C/c2ccc(C#N)cc2)noc1-c1ccc(F)cc1. The van der Waals surface area contributed by atoms with Crippen molar-refractivity contribution in [1.29, 1.82) is 5.26 Å². The molecule has 27 heavy (non-hydrogen) atoms. The first-order valence-corrected chi connectivity index (χ1v) is 8.13. The summed E-state index contributed by atoms with van der Waals surface area (Å²) in [7, 11) is 0. The Labute approximate surface area is 155 Å². The average Bonchev–Trinajstić information content (AvgIpc) is 3.06. The molecule has 0 saturated carbocycles. The van der Waals surface area contributed by atoms with E-state index in [1.807, 2.05) is 6.07 Å². The van der Waals surface area contributed by atoms with Crippen molar-refractivity contribution in [3.8, 4) is 17.4 Å². The number of carbonyl (C=O) groups is 1. The summed E-state index contributed by atoms with van der Waals surface area (Å²) in [4.78, 5) is 11.9. The molecule has 2 aromatic carbocycles. The second-order valence-electron chi connectivity index (χ2n) is 5.77. The molecule has 0 aliphatic heterocycles. The Morgan fingerprint density at radius 2 is 1.93 bits per heavy atom. The molecular formula is C21H15FN2O3. The normalized spacial score (nSPS) is 10.7. The lowest BCUT2D eigenvalue weighted by Gasteiger charge is -2.00. The Kier molecular flexibility index (Phi) is 5.43. The average molecular weight is 362 g/mol. The van der Waals surface area contributed by atoms with Crippen LogP contribution in [0.4, 0.5) is 4.39 Å². The maximum absolute atomic E-state index is 13.0. The van der Waals surface area contributed by atoms with Crippen molar-refractivity contribution in [1.82, 2.24) is 5.16 Å². The Morgan fingerprint density at radius 3 is 2.59 bits per heavy atom. The highest BCUT2D eigenvalue weighted by Crippen LogP contribution is 2.26. The number of esters is 1. The van der Waals surface area contributed by atoms with Gasteiger partial charge in [-0.25, -0.2) is 9.18 Å². The molecule has 0 bridgehead atoms. The number of hydrogen-bond donors (Lipinski definition) is 0. The Balaban J connectivity index is 1.61. The van der Waals surface area contributed by atoms with Crippen LogP contribution < -0.4 is 0 Å². The van der Waals surface area contributed by atoms with Crippen LogP contribution >= 0.6 is 0 Å². The summed E-state index contributed by atoms with van der Waals surface area (Å²) in [5, 5.41) is 12.7. The lowest BCUT2D eigenvalue weighted by molar-refractivity contribution is -0.139. The molecule has 0 saturated heterocycles. The maximum atomic E-state index is 13.0. The van der Waals surface area contributed by atoms with Crippen molar-refractivity contribution in [2.45, 2.75) is 13.5 Å². The van der Waals surface area contributed by atoms with E-state index < -0.39 is 5.97 Å². The molecule has 1 aromatic heterocycles. The standard InChI is InChI=1S/C21H15FN2O3/c1-14-19(24-27-21(14)17-7-9-18(22)10-8-17)13-26-20(25)11-6-15-2-4-16(12-23)5-3-15/h2-11H,13H2,1H3/b11-6+. The molecule has 0 aliphatic rings. The molecular weight excluding hydrogens is 347 g/mol. The van der Waals surface area contributed by atoms with E-state index in [0.717, 1.165) is 11.1 Å². The van der Waals surface area contributed by atoms with Crippen molar-refractivity contribution < 1.29 is 18.4 Å². The summed E-state index contributed by atoms with van der Waals surface area (Å²) in [5.74, 6) is -0.349. The summed E-state index contributed by atoms with van der Waals surface area (Å²) in [6, 6.07) is 14.7. The molecule has 0 fully saturated rings. The van der Waals surface area contributed by atoms with E-state index in [0.29, 0.717) is 22.6 Å². The van der Waals surface area contributed by atoms with Gasteiger partial charge in [0.1, 0.15) is 18.1 Å². The largest absolute Gasteiger partial charge is 0.456 e. The molecule has 0 N–H and O–H groups in total. The third-order valence-electron chi connectivity index (χ3n) is 3.93. The van der Waals surface area contributed by atoms with Crippen LogP contribution in [0.15, 0.2) is 59.1 Å². The van der Waals surface area contributed by atoms with Gasteiger partial charge in [-0.1, -0.05) is 17.3 Å². The van der Waals surface area contributed by atoms with Crippen LogP contribution in [-0.2, 0) is 16.1 Å². The zero-order valence-electron chi connectivity index (χ0n) is 14.5. The highest BCUT2D eigenvalue weighted by atomic mass is 19.1. The van der Waals surface area contributed by atoms with E-state index in [1.165, 1.54) is 18.2 Å². The van der Waals surface area contributed by atoms with Crippen LogP contribution in [0.5, 0.6) is 0 Å². The van der Waals surface area contributed by atoms with E-state index in [4.69, 9.17) is 14.5 Å². The first-order valence-electron chi connectivity index (χ1n) is 8.13. The van der Waals surface area contributed by atoms with E-state index in [9.17, 15) is 9.18 Å². The number of aromatic nitrogens is 1. The predicted molar refractivity (Wildman–Crippen MR) is 96.6 cm³/mol. The fraction of sp³-hybridized carbons (Fsp3) is 0.0952. The third kappa shape index (κ3) is 4.47. The quantitative estimate of drug-likeness (QED) is 0.496. The molecule has 3 rings (SSSR count). The van der Waals surface area contributed by atoms with Crippen LogP contribution in [0.25, 0.3) is 17.4 Å². The number of nitriles is 1. The number of halogens is 1. The second-order valence-corrected chi connectivity index (χ2v) is 5.77. The van der Waals surface area contributed by atoms with Crippen molar-refractivity contribution in [2.24, 2.45) is 0 Å². The molecule has 0 radical (unpaired) electrons. The fourth-order valence-electron chi connectivity index (χ4n) is 2.39. The van der Waals surface area contributed by atoms with Crippen molar-refractivity contribution in [2.75, 3.05) is 0 Å². The van der Waals surface area contributed by atoms with E-state index in [-0.39, 0.29) is 12.4 Å². The van der Waals surface area contributed by atoms with Gasteiger partial charge in [-0.15, -0.1) is 0 Å². The highest BCUT2D eigenvalue weighted by molar-refractivity contribution is 5.87. The van der Waals surface area contributed by atoms with Crippen LogP contribution in [0.1, 0.15) is 22.4 Å². The highest BCUT2D eigenvalue weighted by Gasteiger charge is 2.15. The van der Waals surface area contributed by atoms with Crippen molar-refractivity contribution >= 4 is 12.0 Å². The molecule has 3 aromatic rings. The Bertz CT molecular complexity index is 1010. The van der Waals surface area contributed by atoms with Gasteiger partial charge in [-0.3, -0.25) is 0 Å². The summed E-state index contributed by atoms with van der Waals surface area (Å²) in [5.41, 5.74) is 3.25. The summed E-state index contributed by atoms with van der Waals surface area (Å²) < 4.78 is 23.5. The predicted octanol–water partition coefficient (Wildman–Crippen LogP) is 4.42. The molecule has 0 atom stereocenters. The van der Waals surface area contributed by atoms with Gasteiger partial charge >= 0.3 is 5.97 Å². The van der Waals surface area contributed by atoms with Gasteiger partial charge < -0.3 is 9.26 Å². The summed E-state index contributed by atoms with van der Waals surface area (Å²) >= 11 is 0. The van der Waals surface area contributed by atoms with E-state index in [2.05, 4.69) is 5.16 Å². The van der Waals surface area contributed by atoms with Crippen molar-refractivity contribution in [3.05, 3.63) is 82.8 Å². The van der Waals surface area contributed by atoms with Crippen LogP contribution in [0.2, 0.25) is 0 Å². The number of carbonyl (C=O) groups excluding carboxylic acids is 1. The number of nitrogens with zero attached hydrogens (tertiary/aromatic N) is 2. The van der Waals surface area contributed by atoms with Crippen molar-refractivity contribution in [3.63, 3.8) is 0 Å². The molecule has 5 nitrogen and oxygen atoms in total. The summed E-state index contributed by atoms with van der Waals surface area (Å²) in [6.07, 6.45) is 2.90. The minimum atomic E-state index is -0.523. The Hall–Kier alpha value is -3.72. The topological polar surface area (TPSA) is 76.1 Å². The molecule has 0 spiro atoms. The number of hydrogen-bond acceptors (Lipinski definition) is 5. The van der Waals surface area contributed by atoms with E-state index in [1.54, 1.807) is 49.4 Å². The van der Waals surface area contributed by atoms with Crippen LogP contribution in [-0.4, -0.2) is 11.1 Å². The molecule has 0 aliphatic carbocycles. The number of benzene rings is 2. The van der Waals surface area contributed by atoms with Gasteiger partial charge in [0.15, 0.2) is 5.76 Å². The maximum Gasteiger partial charge on any atom is 0.331 e. The second kappa shape index (κ2) is 8.11. The minimum absolute atomic E-state index is 0.0347. The molecule has 6 heteroatoms. The van der Waals surface area contributed by atoms with Gasteiger partial charge in [-0.2, -0.15) is 5.26 Å². The summed E-state index contributed by atoms with van der Waals surface area (Å²) in [6.45, 7) is 1.76. The first kappa shape index (κ1) is 18.1. The van der Waals surface area contributed by atoms with Crippen LogP contribution in [0.3, 0.4) is 0 Å².